The smallest absolute Gasteiger partial charge is 0.269 e. The molecule has 0 amide bonds. The second-order valence-electron chi connectivity index (χ2n) is 5.62. The number of rotatable bonds is 5. The van der Waals surface area contributed by atoms with Gasteiger partial charge in [0.05, 0.1) is 11.0 Å². The average Bonchev–Trinajstić information content (AvgIpc) is 2.62. The molecule has 0 fully saturated rings. The van der Waals surface area contributed by atoms with E-state index in [-0.39, 0.29) is 11.6 Å². The van der Waals surface area contributed by atoms with Crippen LogP contribution in [0.3, 0.4) is 0 Å². The summed E-state index contributed by atoms with van der Waals surface area (Å²) in [6, 6.07) is 19.9. The van der Waals surface area contributed by atoms with E-state index in [0.717, 1.165) is 16.3 Å². The first-order chi connectivity index (χ1) is 11.6. The van der Waals surface area contributed by atoms with Crippen LogP contribution in [0.4, 0.5) is 5.69 Å². The maximum atomic E-state index is 10.8. The van der Waals surface area contributed by atoms with Crippen LogP contribution in [0.2, 0.25) is 0 Å². The van der Waals surface area contributed by atoms with Crippen molar-refractivity contribution in [3.8, 4) is 0 Å². The monoisotopic (exact) mass is 319 g/mol. The third-order valence-electron chi connectivity index (χ3n) is 4.22. The molecule has 0 unspecified atom stereocenters. The summed E-state index contributed by atoms with van der Waals surface area (Å²) in [6.45, 7) is 3.87. The number of aliphatic hydroxyl groups excluding tert-OH is 1. The summed E-state index contributed by atoms with van der Waals surface area (Å²) in [4.78, 5) is 10.3. The van der Waals surface area contributed by atoms with E-state index < -0.39 is 11.0 Å². The maximum absolute atomic E-state index is 10.8. The highest BCUT2D eigenvalue weighted by atomic mass is 16.6. The first kappa shape index (κ1) is 15.9. The zero-order chi connectivity index (χ0) is 17.1. The van der Waals surface area contributed by atoms with E-state index in [1.165, 1.54) is 12.1 Å². The lowest BCUT2D eigenvalue weighted by atomic mass is 9.86. The highest BCUT2D eigenvalue weighted by molar-refractivity contribution is 5.86. The van der Waals surface area contributed by atoms with Crippen LogP contribution in [0, 0.1) is 10.1 Å². The quantitative estimate of drug-likeness (QED) is 0.419. The molecule has 0 saturated carbocycles. The van der Waals surface area contributed by atoms with Crippen molar-refractivity contribution in [3.05, 3.63) is 101 Å². The second kappa shape index (κ2) is 6.64. The van der Waals surface area contributed by atoms with Gasteiger partial charge in [-0.05, 0) is 34.0 Å². The third kappa shape index (κ3) is 2.92. The Bertz CT molecular complexity index is 882. The Morgan fingerprint density at radius 3 is 2.33 bits per heavy atom. The van der Waals surface area contributed by atoms with Gasteiger partial charge in [0.25, 0.3) is 5.69 Å². The Hall–Kier alpha value is -2.98. The van der Waals surface area contributed by atoms with Gasteiger partial charge in [-0.25, -0.2) is 0 Å². The molecule has 0 aromatic heterocycles. The Morgan fingerprint density at radius 2 is 1.67 bits per heavy atom. The molecule has 0 bridgehead atoms. The van der Waals surface area contributed by atoms with Gasteiger partial charge >= 0.3 is 0 Å². The van der Waals surface area contributed by atoms with E-state index in [9.17, 15) is 15.2 Å². The molecule has 0 heterocycles. The van der Waals surface area contributed by atoms with Crippen LogP contribution in [0.1, 0.15) is 23.1 Å². The van der Waals surface area contributed by atoms with Crippen molar-refractivity contribution in [3.63, 3.8) is 0 Å². The van der Waals surface area contributed by atoms with Gasteiger partial charge in [0, 0.05) is 18.1 Å². The summed E-state index contributed by atoms with van der Waals surface area (Å²) in [5.41, 5.74) is 1.61. The summed E-state index contributed by atoms with van der Waals surface area (Å²) < 4.78 is 0. The highest BCUT2D eigenvalue weighted by Crippen LogP contribution is 2.36. The number of fused-ring (bicyclic) bond motifs is 1. The maximum Gasteiger partial charge on any atom is 0.269 e. The van der Waals surface area contributed by atoms with Gasteiger partial charge in [0.1, 0.15) is 0 Å². The first-order valence-electron chi connectivity index (χ1n) is 7.64. The number of hydrogen-bond acceptors (Lipinski definition) is 3. The Morgan fingerprint density at radius 1 is 1.00 bits per heavy atom. The molecule has 0 saturated heterocycles. The largest absolute Gasteiger partial charge is 0.387 e. The number of non-ortho nitro benzene ring substituents is 1. The summed E-state index contributed by atoms with van der Waals surface area (Å²) >= 11 is 0. The third-order valence-corrected chi connectivity index (χ3v) is 4.22. The van der Waals surface area contributed by atoms with Crippen molar-refractivity contribution in [2.75, 3.05) is 0 Å². The van der Waals surface area contributed by atoms with Crippen LogP contribution >= 0.6 is 0 Å². The molecule has 0 spiro atoms. The Kier molecular flexibility index (Phi) is 4.40. The van der Waals surface area contributed by atoms with Crippen molar-refractivity contribution < 1.29 is 10.0 Å². The zero-order valence-electron chi connectivity index (χ0n) is 13.0. The molecule has 4 heteroatoms. The Labute approximate surface area is 139 Å². The van der Waals surface area contributed by atoms with Gasteiger partial charge in [-0.2, -0.15) is 0 Å². The van der Waals surface area contributed by atoms with E-state index in [2.05, 4.69) is 6.58 Å². The van der Waals surface area contributed by atoms with Crippen LogP contribution in [-0.4, -0.2) is 10.0 Å². The van der Waals surface area contributed by atoms with E-state index >= 15 is 0 Å². The van der Waals surface area contributed by atoms with Crippen LogP contribution in [0.15, 0.2) is 79.4 Å². The van der Waals surface area contributed by atoms with Gasteiger partial charge in [-0.15, -0.1) is 6.58 Å². The van der Waals surface area contributed by atoms with Gasteiger partial charge in [0.15, 0.2) is 0 Å². The topological polar surface area (TPSA) is 63.4 Å². The predicted molar refractivity (Wildman–Crippen MR) is 94.9 cm³/mol. The minimum atomic E-state index is -0.825. The van der Waals surface area contributed by atoms with Crippen LogP contribution < -0.4 is 0 Å². The molecule has 0 radical (unpaired) electrons. The van der Waals surface area contributed by atoms with Gasteiger partial charge in [0.2, 0.25) is 0 Å². The van der Waals surface area contributed by atoms with E-state index in [4.69, 9.17) is 0 Å². The fourth-order valence-corrected chi connectivity index (χ4v) is 2.97. The molecule has 3 aromatic rings. The van der Waals surface area contributed by atoms with E-state index in [1.54, 1.807) is 18.2 Å². The summed E-state index contributed by atoms with van der Waals surface area (Å²) in [5.74, 6) is -0.308. The lowest BCUT2D eigenvalue weighted by Crippen LogP contribution is -2.09. The zero-order valence-corrected chi connectivity index (χ0v) is 13.0. The number of nitro groups is 1. The van der Waals surface area contributed by atoms with Crippen molar-refractivity contribution >= 4 is 16.5 Å². The number of benzene rings is 3. The molecule has 24 heavy (non-hydrogen) atoms. The molecule has 3 rings (SSSR count). The molecular weight excluding hydrogens is 302 g/mol. The van der Waals surface area contributed by atoms with Gasteiger partial charge in [-0.1, -0.05) is 48.5 Å². The molecule has 2 atom stereocenters. The predicted octanol–water partition coefficient (Wildman–Crippen LogP) is 4.75. The normalized spacial score (nSPS) is 13.4. The SMILES string of the molecule is C=C[C@@H](c1cccc2ccccc12)[C@@H](O)c1ccc([N+](=O)[O-])cc1. The molecular formula is C20H17NO3. The van der Waals surface area contributed by atoms with Crippen molar-refractivity contribution in [1.29, 1.82) is 0 Å². The fourth-order valence-electron chi connectivity index (χ4n) is 2.97. The van der Waals surface area contributed by atoms with Crippen LogP contribution in [-0.2, 0) is 0 Å². The molecule has 3 aromatic carbocycles. The summed E-state index contributed by atoms with van der Waals surface area (Å²) in [5, 5.41) is 23.7. The van der Waals surface area contributed by atoms with Crippen molar-refractivity contribution in [2.24, 2.45) is 0 Å². The standard InChI is InChI=1S/C20H17NO3/c1-2-17(19-9-5-7-14-6-3-4-8-18(14)19)20(22)15-10-12-16(13-11-15)21(23)24/h2-13,17,20,22H,1H2/t17-,20-/m0/s1. The number of aliphatic hydroxyl groups is 1. The lowest BCUT2D eigenvalue weighted by molar-refractivity contribution is -0.384. The number of nitro benzene ring substituents is 1. The highest BCUT2D eigenvalue weighted by Gasteiger charge is 2.22. The minimum absolute atomic E-state index is 0.00580. The van der Waals surface area contributed by atoms with E-state index in [1.807, 2.05) is 42.5 Å². The van der Waals surface area contributed by atoms with Gasteiger partial charge in [-0.3, -0.25) is 10.1 Å². The summed E-state index contributed by atoms with van der Waals surface area (Å²) in [7, 11) is 0. The Balaban J connectivity index is 2.01. The number of nitrogens with zero attached hydrogens (tertiary/aromatic N) is 1. The average molecular weight is 319 g/mol. The number of hydrogen-bond donors (Lipinski definition) is 1. The summed E-state index contributed by atoms with van der Waals surface area (Å²) in [6.07, 6.45) is 0.891. The molecule has 1 N–H and O–H groups in total. The van der Waals surface area contributed by atoms with Gasteiger partial charge < -0.3 is 5.11 Å². The van der Waals surface area contributed by atoms with Crippen LogP contribution in [0.25, 0.3) is 10.8 Å². The lowest BCUT2D eigenvalue weighted by Gasteiger charge is -2.22. The van der Waals surface area contributed by atoms with E-state index in [0.29, 0.717) is 5.56 Å². The molecule has 120 valence electrons. The molecule has 4 nitrogen and oxygen atoms in total. The molecule has 0 aliphatic heterocycles. The van der Waals surface area contributed by atoms with Crippen molar-refractivity contribution in [2.45, 2.75) is 12.0 Å². The second-order valence-corrected chi connectivity index (χ2v) is 5.62. The first-order valence-corrected chi connectivity index (χ1v) is 7.64. The molecule has 0 aliphatic carbocycles. The fraction of sp³-hybridized carbons (Fsp3) is 0.100. The van der Waals surface area contributed by atoms with Crippen LogP contribution in [0.5, 0.6) is 0 Å². The minimum Gasteiger partial charge on any atom is -0.387 e. The van der Waals surface area contributed by atoms with Crippen molar-refractivity contribution in [1.82, 2.24) is 0 Å². The molecule has 0 aliphatic rings.